The van der Waals surface area contributed by atoms with Crippen molar-refractivity contribution in [3.63, 3.8) is 0 Å². The maximum absolute atomic E-state index is 6.10. The van der Waals surface area contributed by atoms with Gasteiger partial charge in [0.15, 0.2) is 0 Å². The van der Waals surface area contributed by atoms with Gasteiger partial charge in [0.05, 0.1) is 13.2 Å². The summed E-state index contributed by atoms with van der Waals surface area (Å²) < 4.78 is 6.32. The van der Waals surface area contributed by atoms with E-state index in [0.717, 1.165) is 15.8 Å². The van der Waals surface area contributed by atoms with Crippen LogP contribution in [-0.2, 0) is 6.42 Å². The molecule has 1 atom stereocenters. The standard InChI is InChI=1S/C13H14BrN3O/c1-18-12-4-3-10(14)7-9(12)8-11(15)13-16-5-2-6-17-13/h2-7,11H,8,15H2,1H3. The van der Waals surface area contributed by atoms with Gasteiger partial charge in [-0.25, -0.2) is 9.97 Å². The Morgan fingerprint density at radius 2 is 2.06 bits per heavy atom. The zero-order valence-corrected chi connectivity index (χ0v) is 11.6. The van der Waals surface area contributed by atoms with E-state index in [4.69, 9.17) is 10.5 Å². The number of nitrogens with zero attached hydrogens (tertiary/aromatic N) is 2. The zero-order valence-electron chi connectivity index (χ0n) is 10.0. The summed E-state index contributed by atoms with van der Waals surface area (Å²) >= 11 is 3.44. The zero-order chi connectivity index (χ0) is 13.0. The molecule has 0 fully saturated rings. The van der Waals surface area contributed by atoms with Gasteiger partial charge in [0.2, 0.25) is 0 Å². The maximum atomic E-state index is 6.10. The van der Waals surface area contributed by atoms with Crippen molar-refractivity contribution in [2.45, 2.75) is 12.5 Å². The highest BCUT2D eigenvalue weighted by molar-refractivity contribution is 9.10. The Hall–Kier alpha value is -1.46. The van der Waals surface area contributed by atoms with Crippen molar-refractivity contribution in [2.24, 2.45) is 5.73 Å². The van der Waals surface area contributed by atoms with Crippen molar-refractivity contribution in [1.29, 1.82) is 0 Å². The van der Waals surface area contributed by atoms with E-state index in [0.29, 0.717) is 12.2 Å². The molecule has 0 spiro atoms. The molecule has 5 heteroatoms. The normalized spacial score (nSPS) is 12.2. The monoisotopic (exact) mass is 307 g/mol. The fourth-order valence-corrected chi connectivity index (χ4v) is 2.15. The second kappa shape index (κ2) is 5.93. The fourth-order valence-electron chi connectivity index (χ4n) is 1.74. The summed E-state index contributed by atoms with van der Waals surface area (Å²) in [6.45, 7) is 0. The summed E-state index contributed by atoms with van der Waals surface area (Å²) in [4.78, 5) is 8.33. The Bertz CT molecular complexity index is 519. The molecule has 1 aromatic heterocycles. The lowest BCUT2D eigenvalue weighted by Crippen LogP contribution is -2.16. The van der Waals surface area contributed by atoms with Crippen LogP contribution in [0.4, 0.5) is 0 Å². The third-order valence-electron chi connectivity index (χ3n) is 2.60. The number of hydrogen-bond donors (Lipinski definition) is 1. The molecular weight excluding hydrogens is 294 g/mol. The van der Waals surface area contributed by atoms with Crippen LogP contribution in [-0.4, -0.2) is 17.1 Å². The van der Waals surface area contributed by atoms with Crippen LogP contribution >= 0.6 is 15.9 Å². The van der Waals surface area contributed by atoms with Gasteiger partial charge < -0.3 is 10.5 Å². The van der Waals surface area contributed by atoms with Gasteiger partial charge in [0.1, 0.15) is 11.6 Å². The largest absolute Gasteiger partial charge is 0.496 e. The number of methoxy groups -OCH3 is 1. The molecule has 0 saturated heterocycles. The van der Waals surface area contributed by atoms with Crippen LogP contribution in [0.25, 0.3) is 0 Å². The topological polar surface area (TPSA) is 61.0 Å². The molecule has 0 radical (unpaired) electrons. The predicted molar refractivity (Wildman–Crippen MR) is 73.4 cm³/mol. The lowest BCUT2D eigenvalue weighted by Gasteiger charge is -2.13. The van der Waals surface area contributed by atoms with Crippen molar-refractivity contribution >= 4 is 15.9 Å². The Morgan fingerprint density at radius 1 is 1.33 bits per heavy atom. The summed E-state index contributed by atoms with van der Waals surface area (Å²) in [5, 5.41) is 0. The molecule has 0 amide bonds. The Labute approximate surface area is 114 Å². The fraction of sp³-hybridized carbons (Fsp3) is 0.231. The molecule has 0 aliphatic heterocycles. The average molecular weight is 308 g/mol. The summed E-state index contributed by atoms with van der Waals surface area (Å²) in [5.41, 5.74) is 7.14. The molecule has 18 heavy (non-hydrogen) atoms. The first-order valence-electron chi connectivity index (χ1n) is 5.55. The second-order valence-corrected chi connectivity index (χ2v) is 4.79. The molecule has 1 aromatic carbocycles. The Morgan fingerprint density at radius 3 is 2.72 bits per heavy atom. The van der Waals surface area contributed by atoms with Gasteiger partial charge in [0.25, 0.3) is 0 Å². The minimum Gasteiger partial charge on any atom is -0.496 e. The van der Waals surface area contributed by atoms with Gasteiger partial charge in [-0.05, 0) is 36.2 Å². The minimum absolute atomic E-state index is 0.241. The maximum Gasteiger partial charge on any atom is 0.145 e. The van der Waals surface area contributed by atoms with Crippen molar-refractivity contribution in [3.05, 3.63) is 52.5 Å². The van der Waals surface area contributed by atoms with Gasteiger partial charge in [-0.3, -0.25) is 0 Å². The lowest BCUT2D eigenvalue weighted by molar-refractivity contribution is 0.407. The average Bonchev–Trinajstić information content (AvgIpc) is 2.40. The van der Waals surface area contributed by atoms with Crippen molar-refractivity contribution in [2.75, 3.05) is 7.11 Å². The summed E-state index contributed by atoms with van der Waals surface area (Å²) in [6.07, 6.45) is 4.02. The lowest BCUT2D eigenvalue weighted by atomic mass is 10.0. The molecule has 94 valence electrons. The smallest absolute Gasteiger partial charge is 0.145 e. The predicted octanol–water partition coefficient (Wildman–Crippen LogP) is 2.49. The van der Waals surface area contributed by atoms with Crippen LogP contribution in [0, 0.1) is 0 Å². The molecule has 0 saturated carbocycles. The highest BCUT2D eigenvalue weighted by Gasteiger charge is 2.13. The number of rotatable bonds is 4. The van der Waals surface area contributed by atoms with E-state index in [-0.39, 0.29) is 6.04 Å². The van der Waals surface area contributed by atoms with Crippen LogP contribution < -0.4 is 10.5 Å². The van der Waals surface area contributed by atoms with Crippen molar-refractivity contribution in [1.82, 2.24) is 9.97 Å². The van der Waals surface area contributed by atoms with Crippen molar-refractivity contribution < 1.29 is 4.74 Å². The molecule has 2 N–H and O–H groups in total. The molecule has 2 aromatic rings. The van der Waals surface area contributed by atoms with Gasteiger partial charge in [-0.15, -0.1) is 0 Å². The van der Waals surface area contributed by atoms with E-state index in [2.05, 4.69) is 25.9 Å². The van der Waals surface area contributed by atoms with Crippen LogP contribution in [0.15, 0.2) is 41.1 Å². The molecule has 1 heterocycles. The number of nitrogens with two attached hydrogens (primary N) is 1. The summed E-state index contributed by atoms with van der Waals surface area (Å²) in [6, 6.07) is 7.39. The van der Waals surface area contributed by atoms with E-state index in [9.17, 15) is 0 Å². The quantitative estimate of drug-likeness (QED) is 0.942. The summed E-state index contributed by atoms with van der Waals surface area (Å²) in [7, 11) is 1.65. The first-order valence-corrected chi connectivity index (χ1v) is 6.35. The summed E-state index contributed by atoms with van der Waals surface area (Å²) in [5.74, 6) is 1.46. The van der Waals surface area contributed by atoms with Crippen LogP contribution in [0.3, 0.4) is 0 Å². The number of benzene rings is 1. The highest BCUT2D eigenvalue weighted by Crippen LogP contribution is 2.26. The van der Waals surface area contributed by atoms with Crippen LogP contribution in [0.5, 0.6) is 5.75 Å². The van der Waals surface area contributed by atoms with Crippen LogP contribution in [0.2, 0.25) is 0 Å². The van der Waals surface area contributed by atoms with E-state index in [1.807, 2.05) is 18.2 Å². The molecular formula is C13H14BrN3O. The highest BCUT2D eigenvalue weighted by atomic mass is 79.9. The van der Waals surface area contributed by atoms with E-state index < -0.39 is 0 Å². The van der Waals surface area contributed by atoms with Gasteiger partial charge in [-0.2, -0.15) is 0 Å². The number of halogens is 1. The van der Waals surface area contributed by atoms with E-state index >= 15 is 0 Å². The third kappa shape index (κ3) is 3.05. The van der Waals surface area contributed by atoms with Gasteiger partial charge in [-0.1, -0.05) is 15.9 Å². The molecule has 2 rings (SSSR count). The number of hydrogen-bond acceptors (Lipinski definition) is 4. The Kier molecular flexibility index (Phi) is 4.28. The Balaban J connectivity index is 2.21. The molecule has 4 nitrogen and oxygen atoms in total. The molecule has 1 unspecified atom stereocenters. The first-order chi connectivity index (χ1) is 8.70. The minimum atomic E-state index is -0.241. The molecule has 0 aliphatic carbocycles. The van der Waals surface area contributed by atoms with Crippen LogP contribution in [0.1, 0.15) is 17.4 Å². The SMILES string of the molecule is COc1ccc(Br)cc1CC(N)c1ncccn1. The van der Waals surface area contributed by atoms with Gasteiger partial charge in [0, 0.05) is 16.9 Å². The molecule has 0 bridgehead atoms. The number of aromatic nitrogens is 2. The van der Waals surface area contributed by atoms with E-state index in [1.54, 1.807) is 25.6 Å². The first kappa shape index (κ1) is 13.0. The van der Waals surface area contributed by atoms with Gasteiger partial charge >= 0.3 is 0 Å². The van der Waals surface area contributed by atoms with E-state index in [1.165, 1.54) is 0 Å². The third-order valence-corrected chi connectivity index (χ3v) is 3.09. The molecule has 0 aliphatic rings. The second-order valence-electron chi connectivity index (χ2n) is 3.87. The van der Waals surface area contributed by atoms with Crippen molar-refractivity contribution in [3.8, 4) is 5.75 Å². The number of ether oxygens (including phenoxy) is 1.